The fourth-order valence-corrected chi connectivity index (χ4v) is 2.61. The van der Waals surface area contributed by atoms with Gasteiger partial charge in [-0.3, -0.25) is 9.59 Å². The maximum absolute atomic E-state index is 11.9. The minimum Gasteiger partial charge on any atom is -0.454 e. The summed E-state index contributed by atoms with van der Waals surface area (Å²) in [5.74, 6) is 0.277. The Kier molecular flexibility index (Phi) is 4.90. The lowest BCUT2D eigenvalue weighted by Gasteiger charge is -2.04. The number of carbonyl (C=O) groups is 2. The number of primary amides is 1. The second-order valence-corrected chi connectivity index (χ2v) is 5.76. The molecular weight excluding hydrogens is 344 g/mol. The topological polar surface area (TPSA) is 90.7 Å². The van der Waals surface area contributed by atoms with Gasteiger partial charge in [0.2, 0.25) is 18.6 Å². The van der Waals surface area contributed by atoms with Crippen LogP contribution in [0.2, 0.25) is 5.02 Å². The van der Waals surface area contributed by atoms with Gasteiger partial charge in [0, 0.05) is 18.2 Å². The van der Waals surface area contributed by atoms with E-state index in [1.165, 1.54) is 6.08 Å². The zero-order valence-electron chi connectivity index (χ0n) is 13.1. The molecule has 0 aromatic heterocycles. The van der Waals surface area contributed by atoms with Gasteiger partial charge < -0.3 is 20.5 Å². The highest BCUT2D eigenvalue weighted by atomic mass is 35.5. The number of carbonyl (C=O) groups excluding carboxylic acids is 2. The molecule has 0 spiro atoms. The summed E-state index contributed by atoms with van der Waals surface area (Å²) in [6.45, 7) is 0.416. The molecule has 0 unspecified atom stereocenters. The minimum atomic E-state index is -0.507. The van der Waals surface area contributed by atoms with Crippen LogP contribution in [-0.4, -0.2) is 18.6 Å². The molecule has 2 aromatic carbocycles. The van der Waals surface area contributed by atoms with Gasteiger partial charge >= 0.3 is 0 Å². The number of rotatable bonds is 5. The Morgan fingerprint density at radius 2 is 2.08 bits per heavy atom. The van der Waals surface area contributed by atoms with Crippen LogP contribution < -0.4 is 20.5 Å². The summed E-state index contributed by atoms with van der Waals surface area (Å²) in [6, 6.07) is 10.2. The molecule has 2 aromatic rings. The smallest absolute Gasteiger partial charge is 0.248 e. The highest BCUT2D eigenvalue weighted by molar-refractivity contribution is 6.32. The number of hydrogen-bond acceptors (Lipinski definition) is 4. The van der Waals surface area contributed by atoms with E-state index in [1.54, 1.807) is 42.5 Å². The normalized spacial score (nSPS) is 12.4. The molecule has 0 saturated heterocycles. The van der Waals surface area contributed by atoms with E-state index in [2.05, 4.69) is 5.32 Å². The minimum absolute atomic E-state index is 0.132. The Balaban J connectivity index is 1.61. The summed E-state index contributed by atoms with van der Waals surface area (Å²) >= 11 is 6.09. The van der Waals surface area contributed by atoms with Crippen molar-refractivity contribution in [2.45, 2.75) is 6.54 Å². The molecule has 3 N–H and O–H groups in total. The van der Waals surface area contributed by atoms with Crippen LogP contribution in [0.4, 0.5) is 0 Å². The molecule has 0 radical (unpaired) electrons. The van der Waals surface area contributed by atoms with Gasteiger partial charge in [-0.15, -0.1) is 0 Å². The maximum atomic E-state index is 11.9. The summed E-state index contributed by atoms with van der Waals surface area (Å²) < 4.78 is 10.5. The Bertz CT molecular complexity index is 864. The predicted molar refractivity (Wildman–Crippen MR) is 93.4 cm³/mol. The van der Waals surface area contributed by atoms with Gasteiger partial charge in [-0.05, 0) is 41.5 Å². The number of nitrogens with two attached hydrogens (primary N) is 1. The molecule has 0 aliphatic carbocycles. The Labute approximate surface area is 149 Å². The number of halogens is 1. The van der Waals surface area contributed by atoms with E-state index in [0.29, 0.717) is 22.1 Å². The third kappa shape index (κ3) is 4.10. The molecule has 0 bridgehead atoms. The van der Waals surface area contributed by atoms with E-state index in [0.717, 1.165) is 11.1 Å². The summed E-state index contributed by atoms with van der Waals surface area (Å²) in [6.07, 6.45) is 3.02. The molecule has 25 heavy (non-hydrogen) atoms. The molecule has 2 amide bonds. The van der Waals surface area contributed by atoms with Gasteiger partial charge in [-0.1, -0.05) is 23.7 Å². The number of hydrogen-bond donors (Lipinski definition) is 2. The predicted octanol–water partition coefficient (Wildman–Crippen LogP) is 2.50. The van der Waals surface area contributed by atoms with Gasteiger partial charge in [0.1, 0.15) is 0 Å². The first-order valence-electron chi connectivity index (χ1n) is 7.47. The Hall–Kier alpha value is -2.99. The lowest BCUT2D eigenvalue weighted by atomic mass is 10.1. The van der Waals surface area contributed by atoms with E-state index in [1.807, 2.05) is 0 Å². The quantitative estimate of drug-likeness (QED) is 0.803. The van der Waals surface area contributed by atoms with Gasteiger partial charge in [0.25, 0.3) is 0 Å². The SMILES string of the molecule is NC(=O)c1cccc(CNC(=O)/C=C/c2cc(Cl)c3c(c2)OCO3)c1. The number of amides is 2. The first kappa shape index (κ1) is 16.9. The van der Waals surface area contributed by atoms with Crippen LogP contribution in [0, 0.1) is 0 Å². The number of ether oxygens (including phenoxy) is 2. The Morgan fingerprint density at radius 1 is 1.24 bits per heavy atom. The fraction of sp³-hybridized carbons (Fsp3) is 0.111. The first-order valence-corrected chi connectivity index (χ1v) is 7.84. The molecule has 1 aliphatic rings. The molecule has 0 atom stereocenters. The van der Waals surface area contributed by atoms with Crippen LogP contribution in [0.5, 0.6) is 11.5 Å². The largest absolute Gasteiger partial charge is 0.454 e. The van der Waals surface area contributed by atoms with Crippen molar-refractivity contribution in [1.29, 1.82) is 0 Å². The van der Waals surface area contributed by atoms with Crippen molar-refractivity contribution in [2.75, 3.05) is 6.79 Å². The van der Waals surface area contributed by atoms with Crippen LogP contribution in [-0.2, 0) is 11.3 Å². The van der Waals surface area contributed by atoms with Crippen LogP contribution in [0.1, 0.15) is 21.5 Å². The van der Waals surface area contributed by atoms with Crippen molar-refractivity contribution in [3.8, 4) is 11.5 Å². The number of fused-ring (bicyclic) bond motifs is 1. The lowest BCUT2D eigenvalue weighted by molar-refractivity contribution is -0.116. The number of benzene rings is 2. The van der Waals surface area contributed by atoms with Crippen molar-refractivity contribution in [2.24, 2.45) is 5.73 Å². The van der Waals surface area contributed by atoms with Gasteiger partial charge in [-0.2, -0.15) is 0 Å². The van der Waals surface area contributed by atoms with E-state index in [4.69, 9.17) is 26.8 Å². The average molecular weight is 359 g/mol. The molecule has 1 aliphatic heterocycles. The standard InChI is InChI=1S/C18H15ClN2O4/c19-14-7-11(8-15-17(14)25-10-24-15)4-5-16(22)21-9-12-2-1-3-13(6-12)18(20)23/h1-8H,9-10H2,(H2,20,23)(H,21,22)/b5-4+. The second-order valence-electron chi connectivity index (χ2n) is 5.35. The van der Waals surface area contributed by atoms with Crippen LogP contribution >= 0.6 is 11.6 Å². The zero-order valence-corrected chi connectivity index (χ0v) is 13.9. The van der Waals surface area contributed by atoms with Crippen LogP contribution in [0.3, 0.4) is 0 Å². The van der Waals surface area contributed by atoms with E-state index >= 15 is 0 Å². The molecule has 1 heterocycles. The monoisotopic (exact) mass is 358 g/mol. The van der Waals surface area contributed by atoms with Crippen molar-refractivity contribution in [3.05, 3.63) is 64.2 Å². The highest BCUT2D eigenvalue weighted by Gasteiger charge is 2.17. The van der Waals surface area contributed by atoms with Crippen molar-refractivity contribution in [3.63, 3.8) is 0 Å². The molecule has 6 nitrogen and oxygen atoms in total. The molecule has 0 fully saturated rings. The van der Waals surface area contributed by atoms with E-state index in [-0.39, 0.29) is 19.2 Å². The van der Waals surface area contributed by atoms with E-state index < -0.39 is 5.91 Å². The van der Waals surface area contributed by atoms with Crippen molar-refractivity contribution in [1.82, 2.24) is 5.32 Å². The lowest BCUT2D eigenvalue weighted by Crippen LogP contribution is -2.20. The van der Waals surface area contributed by atoms with Crippen molar-refractivity contribution >= 4 is 29.5 Å². The molecule has 0 saturated carbocycles. The summed E-state index contributed by atoms with van der Waals surface area (Å²) in [5.41, 5.74) is 7.14. The second kappa shape index (κ2) is 7.27. The van der Waals surface area contributed by atoms with Crippen LogP contribution in [0.15, 0.2) is 42.5 Å². The third-order valence-corrected chi connectivity index (χ3v) is 3.84. The Morgan fingerprint density at radius 3 is 2.88 bits per heavy atom. The molecular formula is C18H15ClN2O4. The molecule has 7 heteroatoms. The van der Waals surface area contributed by atoms with E-state index in [9.17, 15) is 9.59 Å². The first-order chi connectivity index (χ1) is 12.0. The van der Waals surface area contributed by atoms with Gasteiger partial charge in [0.05, 0.1) is 5.02 Å². The van der Waals surface area contributed by atoms with Gasteiger partial charge in [0.15, 0.2) is 11.5 Å². The fourth-order valence-electron chi connectivity index (χ4n) is 2.34. The zero-order chi connectivity index (χ0) is 17.8. The highest BCUT2D eigenvalue weighted by Crippen LogP contribution is 2.40. The summed E-state index contributed by atoms with van der Waals surface area (Å²) in [7, 11) is 0. The number of nitrogens with one attached hydrogen (secondary N) is 1. The van der Waals surface area contributed by atoms with Gasteiger partial charge in [-0.25, -0.2) is 0 Å². The summed E-state index contributed by atoms with van der Waals surface area (Å²) in [5, 5.41) is 3.16. The molecule has 128 valence electrons. The van der Waals surface area contributed by atoms with Crippen LogP contribution in [0.25, 0.3) is 6.08 Å². The maximum Gasteiger partial charge on any atom is 0.248 e. The average Bonchev–Trinajstić information content (AvgIpc) is 3.07. The molecule has 3 rings (SSSR count). The third-order valence-electron chi connectivity index (χ3n) is 3.55. The van der Waals surface area contributed by atoms with Crippen molar-refractivity contribution < 1.29 is 19.1 Å². The summed E-state index contributed by atoms with van der Waals surface area (Å²) in [4.78, 5) is 23.1.